The van der Waals surface area contributed by atoms with E-state index in [-0.39, 0.29) is 24.8 Å². The van der Waals surface area contributed by atoms with Crippen LogP contribution in [0.4, 0.5) is 9.18 Å². The van der Waals surface area contributed by atoms with Gasteiger partial charge in [0.05, 0.1) is 29.8 Å². The largest absolute Gasteiger partial charge is 0.488 e. The standard InChI is InChI=1S/C26H25BrFN3O4/c1-2-34-26(33)30-23(20-6-4-3-5-7-20)15-25(32)31-29-16-19-10-13-24(22(27)14-19)35-17-18-8-11-21(28)12-9-18/h3-14,16,23H,2,15,17H2,1H3,(H,30,33)(H,31,32)/b29-16-/t23-/m0/s1. The third kappa shape index (κ3) is 8.53. The Kier molecular flexibility index (Phi) is 9.80. The van der Waals surface area contributed by atoms with Crippen molar-refractivity contribution in [2.45, 2.75) is 26.0 Å². The minimum atomic E-state index is -0.593. The third-order valence-corrected chi connectivity index (χ3v) is 5.45. The first-order valence-electron chi connectivity index (χ1n) is 10.9. The first-order chi connectivity index (χ1) is 16.9. The van der Waals surface area contributed by atoms with E-state index in [9.17, 15) is 14.0 Å². The van der Waals surface area contributed by atoms with Crippen molar-refractivity contribution in [3.8, 4) is 5.75 Å². The number of rotatable bonds is 10. The molecule has 2 N–H and O–H groups in total. The van der Waals surface area contributed by atoms with E-state index in [2.05, 4.69) is 31.8 Å². The van der Waals surface area contributed by atoms with Gasteiger partial charge in [0, 0.05) is 0 Å². The van der Waals surface area contributed by atoms with Crippen LogP contribution in [-0.2, 0) is 16.1 Å². The highest BCUT2D eigenvalue weighted by atomic mass is 79.9. The minimum Gasteiger partial charge on any atom is -0.488 e. The van der Waals surface area contributed by atoms with Gasteiger partial charge < -0.3 is 14.8 Å². The van der Waals surface area contributed by atoms with E-state index in [1.165, 1.54) is 18.3 Å². The zero-order chi connectivity index (χ0) is 25.0. The lowest BCUT2D eigenvalue weighted by Gasteiger charge is -2.18. The molecule has 0 saturated carbocycles. The van der Waals surface area contributed by atoms with Gasteiger partial charge in [-0.2, -0.15) is 5.10 Å². The molecule has 0 radical (unpaired) electrons. The van der Waals surface area contributed by atoms with Crippen molar-refractivity contribution < 1.29 is 23.5 Å². The van der Waals surface area contributed by atoms with Gasteiger partial charge in [0.2, 0.25) is 5.91 Å². The van der Waals surface area contributed by atoms with Crippen LogP contribution in [0.2, 0.25) is 0 Å². The van der Waals surface area contributed by atoms with Gasteiger partial charge in [0.25, 0.3) is 0 Å². The molecule has 3 rings (SSSR count). The number of carbonyl (C=O) groups excluding carboxylic acids is 2. The molecule has 182 valence electrons. The molecule has 0 saturated heterocycles. The van der Waals surface area contributed by atoms with E-state index in [1.54, 1.807) is 37.3 Å². The maximum atomic E-state index is 13.0. The highest BCUT2D eigenvalue weighted by molar-refractivity contribution is 9.10. The van der Waals surface area contributed by atoms with Crippen LogP contribution >= 0.6 is 15.9 Å². The molecule has 1 atom stereocenters. The summed E-state index contributed by atoms with van der Waals surface area (Å²) >= 11 is 3.46. The number of alkyl carbamates (subject to hydrolysis) is 1. The Morgan fingerprint density at radius 2 is 1.83 bits per heavy atom. The Morgan fingerprint density at radius 1 is 1.09 bits per heavy atom. The summed E-state index contributed by atoms with van der Waals surface area (Å²) in [5.74, 6) is -0.0482. The molecular weight excluding hydrogens is 517 g/mol. The van der Waals surface area contributed by atoms with Crippen molar-refractivity contribution in [3.05, 3.63) is 99.8 Å². The highest BCUT2D eigenvalue weighted by Crippen LogP contribution is 2.26. The maximum absolute atomic E-state index is 13.0. The Bertz CT molecular complexity index is 1160. The van der Waals surface area contributed by atoms with Gasteiger partial charge in [-0.15, -0.1) is 0 Å². The lowest BCUT2D eigenvalue weighted by atomic mass is 10.0. The second kappa shape index (κ2) is 13.2. The van der Waals surface area contributed by atoms with E-state index in [1.807, 2.05) is 30.3 Å². The number of amides is 2. The quantitative estimate of drug-likeness (QED) is 0.262. The van der Waals surface area contributed by atoms with Crippen LogP contribution in [0.15, 0.2) is 82.4 Å². The zero-order valence-electron chi connectivity index (χ0n) is 19.0. The van der Waals surface area contributed by atoms with E-state index in [4.69, 9.17) is 9.47 Å². The number of hydrogen-bond acceptors (Lipinski definition) is 5. The van der Waals surface area contributed by atoms with Crippen LogP contribution in [0, 0.1) is 5.82 Å². The van der Waals surface area contributed by atoms with Crippen LogP contribution in [0.25, 0.3) is 0 Å². The van der Waals surface area contributed by atoms with Crippen LogP contribution in [0.5, 0.6) is 5.75 Å². The summed E-state index contributed by atoms with van der Waals surface area (Å²) in [6.07, 6.45) is 0.896. The molecule has 0 aliphatic heterocycles. The lowest BCUT2D eigenvalue weighted by Crippen LogP contribution is -2.33. The third-order valence-electron chi connectivity index (χ3n) is 4.83. The molecular formula is C26H25BrFN3O4. The van der Waals surface area contributed by atoms with Gasteiger partial charge in [-0.05, 0) is 69.9 Å². The first-order valence-corrected chi connectivity index (χ1v) is 11.7. The normalized spacial score (nSPS) is 11.6. The molecule has 0 unspecified atom stereocenters. The topological polar surface area (TPSA) is 89.0 Å². The van der Waals surface area contributed by atoms with Gasteiger partial charge in [0.15, 0.2) is 0 Å². The maximum Gasteiger partial charge on any atom is 0.407 e. The number of nitrogens with zero attached hydrogens (tertiary/aromatic N) is 1. The van der Waals surface area contributed by atoms with Crippen molar-refractivity contribution in [2.24, 2.45) is 5.10 Å². The smallest absolute Gasteiger partial charge is 0.407 e. The molecule has 9 heteroatoms. The number of nitrogens with one attached hydrogen (secondary N) is 2. The van der Waals surface area contributed by atoms with Crippen molar-refractivity contribution in [1.29, 1.82) is 0 Å². The second-order valence-electron chi connectivity index (χ2n) is 7.43. The van der Waals surface area contributed by atoms with E-state index in [0.717, 1.165) is 16.7 Å². The van der Waals surface area contributed by atoms with Crippen molar-refractivity contribution in [2.75, 3.05) is 6.61 Å². The van der Waals surface area contributed by atoms with Gasteiger partial charge in [-0.25, -0.2) is 14.6 Å². The number of ether oxygens (including phenoxy) is 2. The molecule has 0 aliphatic rings. The number of benzene rings is 3. The van der Waals surface area contributed by atoms with Crippen molar-refractivity contribution >= 4 is 34.1 Å². The number of hydrazone groups is 1. The minimum absolute atomic E-state index is 0.0139. The molecule has 7 nitrogen and oxygen atoms in total. The summed E-state index contributed by atoms with van der Waals surface area (Å²) in [6.45, 7) is 2.24. The van der Waals surface area contributed by atoms with E-state index < -0.39 is 12.1 Å². The Labute approximate surface area is 211 Å². The highest BCUT2D eigenvalue weighted by Gasteiger charge is 2.18. The van der Waals surface area contributed by atoms with Gasteiger partial charge in [0.1, 0.15) is 18.2 Å². The fraction of sp³-hybridized carbons (Fsp3) is 0.192. The molecule has 0 aromatic heterocycles. The molecule has 35 heavy (non-hydrogen) atoms. The molecule has 0 aliphatic carbocycles. The molecule has 0 fully saturated rings. The molecule has 0 spiro atoms. The van der Waals surface area contributed by atoms with Gasteiger partial charge in [-0.3, -0.25) is 4.79 Å². The Balaban J connectivity index is 1.55. The van der Waals surface area contributed by atoms with Crippen LogP contribution in [0.1, 0.15) is 36.1 Å². The fourth-order valence-electron chi connectivity index (χ4n) is 3.12. The average molecular weight is 542 g/mol. The molecule has 3 aromatic carbocycles. The SMILES string of the molecule is CCOC(=O)N[C@@H](CC(=O)N/N=C\c1ccc(OCc2ccc(F)cc2)c(Br)c1)c1ccccc1. The van der Waals surface area contributed by atoms with Gasteiger partial charge >= 0.3 is 6.09 Å². The molecule has 3 aromatic rings. The molecule has 2 amide bonds. The van der Waals surface area contributed by atoms with Crippen LogP contribution in [0.3, 0.4) is 0 Å². The summed E-state index contributed by atoms with van der Waals surface area (Å²) in [4.78, 5) is 24.3. The molecule has 0 heterocycles. The summed E-state index contributed by atoms with van der Waals surface area (Å²) in [7, 11) is 0. The Morgan fingerprint density at radius 3 is 2.51 bits per heavy atom. The lowest BCUT2D eigenvalue weighted by molar-refractivity contribution is -0.121. The van der Waals surface area contributed by atoms with E-state index >= 15 is 0 Å². The van der Waals surface area contributed by atoms with Crippen LogP contribution in [-0.4, -0.2) is 24.8 Å². The predicted molar refractivity (Wildman–Crippen MR) is 135 cm³/mol. The van der Waals surface area contributed by atoms with Crippen LogP contribution < -0.4 is 15.5 Å². The zero-order valence-corrected chi connectivity index (χ0v) is 20.6. The van der Waals surface area contributed by atoms with Crippen molar-refractivity contribution in [3.63, 3.8) is 0 Å². The second-order valence-corrected chi connectivity index (χ2v) is 8.28. The number of hydrogen-bond donors (Lipinski definition) is 2. The van der Waals surface area contributed by atoms with Crippen molar-refractivity contribution in [1.82, 2.24) is 10.7 Å². The van der Waals surface area contributed by atoms with Gasteiger partial charge in [-0.1, -0.05) is 42.5 Å². The average Bonchev–Trinajstić information content (AvgIpc) is 2.85. The summed E-state index contributed by atoms with van der Waals surface area (Å²) < 4.78 is 24.4. The molecule has 0 bridgehead atoms. The summed E-state index contributed by atoms with van der Waals surface area (Å²) in [6, 6.07) is 20.1. The Hall–Kier alpha value is -3.72. The monoisotopic (exact) mass is 541 g/mol. The number of halogens is 2. The predicted octanol–water partition coefficient (Wildman–Crippen LogP) is 5.49. The first kappa shape index (κ1) is 25.9. The fourth-order valence-corrected chi connectivity index (χ4v) is 3.63. The summed E-state index contributed by atoms with van der Waals surface area (Å²) in [5, 5.41) is 6.71. The van der Waals surface area contributed by atoms with E-state index in [0.29, 0.717) is 16.8 Å². The summed E-state index contributed by atoms with van der Waals surface area (Å²) in [5.41, 5.74) is 4.84. The number of carbonyl (C=O) groups is 2.